The first-order valence-electron chi connectivity index (χ1n) is 8.74. The maximum absolute atomic E-state index is 12.9. The van der Waals surface area contributed by atoms with Crippen LogP contribution in [-0.2, 0) is 15.9 Å². The summed E-state index contributed by atoms with van der Waals surface area (Å²) < 4.78 is 24.0. The van der Waals surface area contributed by atoms with Crippen molar-refractivity contribution in [1.82, 2.24) is 10.6 Å². The highest BCUT2D eigenvalue weighted by Crippen LogP contribution is 2.11. The first-order chi connectivity index (χ1) is 11.8. The molecule has 1 aliphatic rings. The van der Waals surface area contributed by atoms with Crippen LogP contribution < -0.4 is 10.6 Å². The highest BCUT2D eigenvalue weighted by Gasteiger charge is 2.14. The van der Waals surface area contributed by atoms with Crippen molar-refractivity contribution in [2.75, 3.05) is 39.5 Å². The summed E-state index contributed by atoms with van der Waals surface area (Å²) in [6.07, 6.45) is 3.31. The van der Waals surface area contributed by atoms with Crippen LogP contribution in [0.3, 0.4) is 0 Å². The number of guanidine groups is 1. The van der Waals surface area contributed by atoms with E-state index in [2.05, 4.69) is 15.6 Å². The van der Waals surface area contributed by atoms with Crippen molar-refractivity contribution < 1.29 is 13.9 Å². The van der Waals surface area contributed by atoms with Gasteiger partial charge in [0.2, 0.25) is 0 Å². The molecule has 2 N–H and O–H groups in total. The molecule has 7 heteroatoms. The number of rotatable bonds is 9. The molecule has 0 aromatic heterocycles. The van der Waals surface area contributed by atoms with E-state index in [1.54, 1.807) is 12.1 Å². The van der Waals surface area contributed by atoms with Crippen LogP contribution >= 0.6 is 24.0 Å². The van der Waals surface area contributed by atoms with Crippen LogP contribution in [0.15, 0.2) is 29.3 Å². The predicted octanol–water partition coefficient (Wildman–Crippen LogP) is 2.74. The van der Waals surface area contributed by atoms with Crippen LogP contribution in [0.4, 0.5) is 4.39 Å². The van der Waals surface area contributed by atoms with Crippen molar-refractivity contribution in [3.05, 3.63) is 35.6 Å². The van der Waals surface area contributed by atoms with E-state index >= 15 is 0 Å². The monoisotopic (exact) mass is 465 g/mol. The van der Waals surface area contributed by atoms with E-state index in [0.29, 0.717) is 19.8 Å². The maximum Gasteiger partial charge on any atom is 0.191 e. The second-order valence-corrected chi connectivity index (χ2v) is 5.77. The molecule has 0 amide bonds. The largest absolute Gasteiger partial charge is 0.377 e. The molecule has 25 heavy (non-hydrogen) atoms. The highest BCUT2D eigenvalue weighted by molar-refractivity contribution is 14.0. The van der Waals surface area contributed by atoms with Crippen molar-refractivity contribution >= 4 is 29.9 Å². The molecule has 1 aromatic rings. The Kier molecular flexibility index (Phi) is 11.8. The summed E-state index contributed by atoms with van der Waals surface area (Å²) in [5.41, 5.74) is 1.10. The number of aliphatic imine (C=N–C) groups is 1. The lowest BCUT2D eigenvalue weighted by Gasteiger charge is -2.12. The smallest absolute Gasteiger partial charge is 0.191 e. The van der Waals surface area contributed by atoms with Crippen molar-refractivity contribution in [3.63, 3.8) is 0 Å². The van der Waals surface area contributed by atoms with Crippen molar-refractivity contribution in [1.29, 1.82) is 0 Å². The fourth-order valence-corrected chi connectivity index (χ4v) is 2.53. The van der Waals surface area contributed by atoms with E-state index in [0.717, 1.165) is 50.5 Å². The Morgan fingerprint density at radius 1 is 1.32 bits per heavy atom. The molecule has 1 saturated heterocycles. The van der Waals surface area contributed by atoms with E-state index in [4.69, 9.17) is 9.47 Å². The van der Waals surface area contributed by atoms with Gasteiger partial charge < -0.3 is 20.1 Å². The van der Waals surface area contributed by atoms with Crippen LogP contribution in [0.1, 0.15) is 25.3 Å². The number of nitrogens with one attached hydrogen (secondary N) is 2. The van der Waals surface area contributed by atoms with Gasteiger partial charge in [-0.1, -0.05) is 12.1 Å². The zero-order chi connectivity index (χ0) is 17.0. The SMILES string of the molecule is CCNC(=NCCOCC1CCCO1)NCCc1ccc(F)cc1.I. The Morgan fingerprint density at radius 2 is 2.12 bits per heavy atom. The third-order valence-electron chi connectivity index (χ3n) is 3.80. The number of halogens is 2. The van der Waals surface area contributed by atoms with Gasteiger partial charge in [-0.25, -0.2) is 4.39 Å². The molecule has 0 saturated carbocycles. The lowest BCUT2D eigenvalue weighted by atomic mass is 10.1. The molecule has 142 valence electrons. The molecule has 1 aromatic carbocycles. The Morgan fingerprint density at radius 3 is 2.80 bits per heavy atom. The lowest BCUT2D eigenvalue weighted by Crippen LogP contribution is -2.38. The predicted molar refractivity (Wildman–Crippen MR) is 109 cm³/mol. The summed E-state index contributed by atoms with van der Waals surface area (Å²) in [5.74, 6) is 0.574. The number of hydrogen-bond acceptors (Lipinski definition) is 3. The van der Waals surface area contributed by atoms with Gasteiger partial charge in [0.1, 0.15) is 5.82 Å². The summed E-state index contributed by atoms with van der Waals surface area (Å²) in [5, 5.41) is 6.49. The quantitative estimate of drug-likeness (QED) is 0.255. The van der Waals surface area contributed by atoms with Gasteiger partial charge in [0.15, 0.2) is 5.96 Å². The molecule has 5 nitrogen and oxygen atoms in total. The third-order valence-corrected chi connectivity index (χ3v) is 3.80. The van der Waals surface area contributed by atoms with E-state index in [1.165, 1.54) is 12.1 Å². The first kappa shape index (κ1) is 22.1. The van der Waals surface area contributed by atoms with Crippen molar-refractivity contribution in [2.24, 2.45) is 4.99 Å². The lowest BCUT2D eigenvalue weighted by molar-refractivity contribution is 0.0200. The summed E-state index contributed by atoms with van der Waals surface area (Å²) in [4.78, 5) is 4.49. The van der Waals surface area contributed by atoms with Crippen LogP contribution in [0.25, 0.3) is 0 Å². The van der Waals surface area contributed by atoms with E-state index in [1.807, 2.05) is 6.92 Å². The average Bonchev–Trinajstić information content (AvgIpc) is 3.10. The van der Waals surface area contributed by atoms with Crippen LogP contribution in [0.5, 0.6) is 0 Å². The number of nitrogens with zero attached hydrogens (tertiary/aromatic N) is 1. The molecule has 1 unspecified atom stereocenters. The number of ether oxygens (including phenoxy) is 2. The van der Waals surface area contributed by atoms with E-state index < -0.39 is 0 Å². The van der Waals surface area contributed by atoms with Gasteiger partial charge in [0, 0.05) is 19.7 Å². The van der Waals surface area contributed by atoms with Gasteiger partial charge in [-0.3, -0.25) is 4.99 Å². The van der Waals surface area contributed by atoms with Crippen LogP contribution in [0, 0.1) is 5.82 Å². The summed E-state index contributed by atoms with van der Waals surface area (Å²) in [7, 11) is 0. The highest BCUT2D eigenvalue weighted by atomic mass is 127. The van der Waals surface area contributed by atoms with Crippen LogP contribution in [0.2, 0.25) is 0 Å². The van der Waals surface area contributed by atoms with Gasteiger partial charge in [0.25, 0.3) is 0 Å². The minimum absolute atomic E-state index is 0. The summed E-state index contributed by atoms with van der Waals surface area (Å²) >= 11 is 0. The number of benzene rings is 1. The molecule has 2 rings (SSSR count). The van der Waals surface area contributed by atoms with E-state index in [-0.39, 0.29) is 35.9 Å². The Balaban J connectivity index is 0.00000312. The number of hydrogen-bond donors (Lipinski definition) is 2. The van der Waals surface area contributed by atoms with Gasteiger partial charge in [-0.2, -0.15) is 0 Å². The molecule has 0 spiro atoms. The molecule has 1 atom stereocenters. The van der Waals surface area contributed by atoms with Crippen LogP contribution in [-0.4, -0.2) is 51.5 Å². The average molecular weight is 465 g/mol. The molecule has 1 heterocycles. The normalized spacial score (nSPS) is 17.2. The fraction of sp³-hybridized carbons (Fsp3) is 0.611. The van der Waals surface area contributed by atoms with Crippen molar-refractivity contribution in [2.45, 2.75) is 32.3 Å². The standard InChI is InChI=1S/C18H28FN3O2.HI/c1-2-20-18(21-10-9-15-5-7-16(19)8-6-15)22-11-13-23-14-17-4-3-12-24-17;/h5-8,17H,2-4,9-14H2,1H3,(H2,20,21,22);1H. The summed E-state index contributed by atoms with van der Waals surface area (Å²) in [6.45, 7) is 6.30. The second-order valence-electron chi connectivity index (χ2n) is 5.77. The topological polar surface area (TPSA) is 54.9 Å². The van der Waals surface area contributed by atoms with Gasteiger partial charge in [0.05, 0.1) is 25.9 Å². The third kappa shape index (κ3) is 9.37. The molecule has 0 radical (unpaired) electrons. The van der Waals surface area contributed by atoms with Gasteiger partial charge in [-0.15, -0.1) is 24.0 Å². The second kappa shape index (κ2) is 13.3. The molecule has 1 fully saturated rings. The molecule has 0 bridgehead atoms. The molecule has 1 aliphatic heterocycles. The zero-order valence-corrected chi connectivity index (χ0v) is 17.1. The zero-order valence-electron chi connectivity index (χ0n) is 14.8. The van der Waals surface area contributed by atoms with Gasteiger partial charge in [-0.05, 0) is 43.9 Å². The molecular weight excluding hydrogens is 436 g/mol. The Hall–Kier alpha value is -0.930. The maximum atomic E-state index is 12.9. The Bertz CT molecular complexity index is 494. The minimum Gasteiger partial charge on any atom is -0.377 e. The van der Waals surface area contributed by atoms with Gasteiger partial charge >= 0.3 is 0 Å². The minimum atomic E-state index is -0.204. The first-order valence-corrected chi connectivity index (χ1v) is 8.74. The molecular formula is C18H29FIN3O2. The van der Waals surface area contributed by atoms with Crippen molar-refractivity contribution in [3.8, 4) is 0 Å². The fourth-order valence-electron chi connectivity index (χ4n) is 2.53. The Labute approximate surface area is 166 Å². The molecule has 0 aliphatic carbocycles. The van der Waals surface area contributed by atoms with E-state index in [9.17, 15) is 4.39 Å². The summed E-state index contributed by atoms with van der Waals surface area (Å²) in [6, 6.07) is 6.58.